The number of nitrogens with one attached hydrogen (secondary N) is 1. The Bertz CT molecular complexity index is 1130. The predicted octanol–water partition coefficient (Wildman–Crippen LogP) is 3.85. The number of halogens is 5. The van der Waals surface area contributed by atoms with Crippen LogP contribution in [-0.2, 0) is 17.5 Å². The number of aromatic nitrogens is 2. The van der Waals surface area contributed by atoms with E-state index in [1.807, 2.05) is 0 Å². The van der Waals surface area contributed by atoms with Crippen molar-refractivity contribution in [2.24, 2.45) is 0 Å². The van der Waals surface area contributed by atoms with Crippen LogP contribution in [0.4, 0.5) is 27.6 Å². The average molecular weight is 409 g/mol. The SMILES string of the molecule is O=C(Cn1cnc(-c2ccccc2F)cc1=O)Nc1ccc(F)c(C(F)(F)F)c1. The van der Waals surface area contributed by atoms with Gasteiger partial charge in [-0.15, -0.1) is 0 Å². The number of alkyl halides is 3. The molecule has 2 aromatic carbocycles. The molecule has 0 spiro atoms. The number of benzene rings is 2. The Morgan fingerprint density at radius 2 is 1.76 bits per heavy atom. The smallest absolute Gasteiger partial charge is 0.325 e. The van der Waals surface area contributed by atoms with Crippen LogP contribution in [0.1, 0.15) is 5.56 Å². The lowest BCUT2D eigenvalue weighted by atomic mass is 10.1. The minimum Gasteiger partial charge on any atom is -0.325 e. The van der Waals surface area contributed by atoms with Crippen LogP contribution in [0.5, 0.6) is 0 Å². The molecule has 1 N–H and O–H groups in total. The van der Waals surface area contributed by atoms with Crippen molar-refractivity contribution in [2.75, 3.05) is 5.32 Å². The number of carbonyl (C=O) groups is 1. The Hall–Kier alpha value is -3.56. The van der Waals surface area contributed by atoms with Crippen LogP contribution in [-0.4, -0.2) is 15.5 Å². The maximum absolute atomic E-state index is 13.8. The summed E-state index contributed by atoms with van der Waals surface area (Å²) in [5.74, 6) is -2.88. The third-order valence-electron chi connectivity index (χ3n) is 3.90. The second kappa shape index (κ2) is 7.82. The molecule has 29 heavy (non-hydrogen) atoms. The molecule has 3 rings (SSSR count). The first-order valence-corrected chi connectivity index (χ1v) is 8.13. The summed E-state index contributed by atoms with van der Waals surface area (Å²) >= 11 is 0. The molecule has 10 heteroatoms. The molecule has 1 amide bonds. The summed E-state index contributed by atoms with van der Waals surface area (Å²) in [6.45, 7) is -0.553. The van der Waals surface area contributed by atoms with Gasteiger partial charge in [0.1, 0.15) is 18.2 Å². The largest absolute Gasteiger partial charge is 0.419 e. The fourth-order valence-electron chi connectivity index (χ4n) is 2.54. The van der Waals surface area contributed by atoms with Crippen molar-refractivity contribution < 1.29 is 26.7 Å². The average Bonchev–Trinajstić information content (AvgIpc) is 2.64. The summed E-state index contributed by atoms with van der Waals surface area (Å²) in [4.78, 5) is 28.2. The molecule has 3 aromatic rings. The van der Waals surface area contributed by atoms with E-state index >= 15 is 0 Å². The Morgan fingerprint density at radius 1 is 1.03 bits per heavy atom. The van der Waals surface area contributed by atoms with Gasteiger partial charge in [0.2, 0.25) is 5.91 Å². The zero-order valence-corrected chi connectivity index (χ0v) is 14.5. The molecule has 0 bridgehead atoms. The zero-order chi connectivity index (χ0) is 21.2. The van der Waals surface area contributed by atoms with Crippen LogP contribution < -0.4 is 10.9 Å². The molecule has 0 saturated carbocycles. The lowest BCUT2D eigenvalue weighted by Gasteiger charge is -2.11. The maximum Gasteiger partial charge on any atom is 0.419 e. The lowest BCUT2D eigenvalue weighted by molar-refractivity contribution is -0.140. The van der Waals surface area contributed by atoms with Crippen LogP contribution in [0.3, 0.4) is 0 Å². The quantitative estimate of drug-likeness (QED) is 0.666. The second-order valence-corrected chi connectivity index (χ2v) is 5.96. The molecule has 0 fully saturated rings. The summed E-state index contributed by atoms with van der Waals surface area (Å²) in [6, 6.07) is 8.71. The third kappa shape index (κ3) is 4.65. The highest BCUT2D eigenvalue weighted by atomic mass is 19.4. The molecule has 1 heterocycles. The van der Waals surface area contributed by atoms with Crippen molar-refractivity contribution in [3.05, 3.63) is 82.4 Å². The van der Waals surface area contributed by atoms with Crippen LogP contribution in [0.25, 0.3) is 11.3 Å². The molecule has 0 unspecified atom stereocenters. The molecule has 150 valence electrons. The van der Waals surface area contributed by atoms with Gasteiger partial charge in [0.15, 0.2) is 0 Å². The second-order valence-electron chi connectivity index (χ2n) is 5.96. The first-order chi connectivity index (χ1) is 13.6. The number of hydrogen-bond donors (Lipinski definition) is 1. The van der Waals surface area contributed by atoms with Crippen molar-refractivity contribution in [1.29, 1.82) is 0 Å². The molecule has 0 radical (unpaired) electrons. The summed E-state index contributed by atoms with van der Waals surface area (Å²) in [7, 11) is 0. The molecular formula is C19H12F5N3O2. The predicted molar refractivity (Wildman–Crippen MR) is 93.9 cm³/mol. The first-order valence-electron chi connectivity index (χ1n) is 8.13. The molecule has 1 aromatic heterocycles. The monoisotopic (exact) mass is 409 g/mol. The van der Waals surface area contributed by atoms with Gasteiger partial charge in [-0.3, -0.25) is 14.2 Å². The standard InChI is InChI=1S/C19H12F5N3O2/c20-14-4-2-1-3-12(14)16-8-18(29)27(10-25-16)9-17(28)26-11-5-6-15(21)13(7-11)19(22,23)24/h1-8,10H,9H2,(H,26,28). The van der Waals surface area contributed by atoms with Gasteiger partial charge in [-0.25, -0.2) is 13.8 Å². The fourth-order valence-corrected chi connectivity index (χ4v) is 2.54. The van der Waals surface area contributed by atoms with Gasteiger partial charge in [-0.05, 0) is 30.3 Å². The highest BCUT2D eigenvalue weighted by Crippen LogP contribution is 2.33. The van der Waals surface area contributed by atoms with Gasteiger partial charge in [0.25, 0.3) is 5.56 Å². The van der Waals surface area contributed by atoms with Crippen molar-refractivity contribution in [2.45, 2.75) is 12.7 Å². The molecule has 0 saturated heterocycles. The number of nitrogens with zero attached hydrogens (tertiary/aromatic N) is 2. The first kappa shape index (κ1) is 20.2. The highest BCUT2D eigenvalue weighted by Gasteiger charge is 2.34. The van der Waals surface area contributed by atoms with Gasteiger partial charge < -0.3 is 5.32 Å². The van der Waals surface area contributed by atoms with Crippen molar-refractivity contribution in [3.63, 3.8) is 0 Å². The van der Waals surface area contributed by atoms with Gasteiger partial charge in [0, 0.05) is 17.3 Å². The van der Waals surface area contributed by atoms with E-state index in [0.717, 1.165) is 23.0 Å². The lowest BCUT2D eigenvalue weighted by Crippen LogP contribution is -2.27. The number of amides is 1. The van der Waals surface area contributed by atoms with E-state index in [0.29, 0.717) is 12.1 Å². The van der Waals surface area contributed by atoms with Gasteiger partial charge in [-0.2, -0.15) is 13.2 Å². The summed E-state index contributed by atoms with van der Waals surface area (Å²) < 4.78 is 66.2. The van der Waals surface area contributed by atoms with E-state index in [1.54, 1.807) is 6.07 Å². The summed E-state index contributed by atoms with van der Waals surface area (Å²) in [6.07, 6.45) is -3.90. The van der Waals surface area contributed by atoms with Crippen LogP contribution in [0.15, 0.2) is 59.7 Å². The minimum absolute atomic E-state index is 0.0677. The van der Waals surface area contributed by atoms with Gasteiger partial charge in [0.05, 0.1) is 17.6 Å². The van der Waals surface area contributed by atoms with E-state index in [1.165, 1.54) is 18.2 Å². The van der Waals surface area contributed by atoms with Crippen LogP contribution >= 0.6 is 0 Å². The van der Waals surface area contributed by atoms with Crippen LogP contribution in [0, 0.1) is 11.6 Å². The van der Waals surface area contributed by atoms with Crippen molar-refractivity contribution >= 4 is 11.6 Å². The zero-order valence-electron chi connectivity index (χ0n) is 14.5. The Kier molecular flexibility index (Phi) is 5.44. The number of carbonyl (C=O) groups excluding carboxylic acids is 1. The van der Waals surface area contributed by atoms with Crippen molar-refractivity contribution in [1.82, 2.24) is 9.55 Å². The third-order valence-corrected chi connectivity index (χ3v) is 3.90. The van der Waals surface area contributed by atoms with Gasteiger partial charge >= 0.3 is 6.18 Å². The minimum atomic E-state index is -4.92. The maximum atomic E-state index is 13.8. The normalized spacial score (nSPS) is 11.3. The van der Waals surface area contributed by atoms with E-state index < -0.39 is 41.4 Å². The topological polar surface area (TPSA) is 64.0 Å². The van der Waals surface area contributed by atoms with Crippen molar-refractivity contribution in [3.8, 4) is 11.3 Å². The number of rotatable bonds is 4. The highest BCUT2D eigenvalue weighted by molar-refractivity contribution is 5.90. The summed E-state index contributed by atoms with van der Waals surface area (Å²) in [5.41, 5.74) is -2.30. The van der Waals surface area contributed by atoms with Gasteiger partial charge in [-0.1, -0.05) is 12.1 Å². The fraction of sp³-hybridized carbons (Fsp3) is 0.105. The Labute approximate surface area is 160 Å². The number of hydrogen-bond acceptors (Lipinski definition) is 3. The molecular weight excluding hydrogens is 397 g/mol. The number of anilines is 1. The molecule has 0 aliphatic carbocycles. The Morgan fingerprint density at radius 3 is 2.41 bits per heavy atom. The molecule has 0 aliphatic rings. The van der Waals surface area contributed by atoms with E-state index in [2.05, 4.69) is 10.3 Å². The molecule has 5 nitrogen and oxygen atoms in total. The molecule has 0 atom stereocenters. The molecule has 0 aliphatic heterocycles. The Balaban J connectivity index is 1.77. The van der Waals surface area contributed by atoms with E-state index in [4.69, 9.17) is 0 Å². The summed E-state index contributed by atoms with van der Waals surface area (Å²) in [5, 5.41) is 2.16. The van der Waals surface area contributed by atoms with E-state index in [-0.39, 0.29) is 16.9 Å². The van der Waals surface area contributed by atoms with E-state index in [9.17, 15) is 31.5 Å². The van der Waals surface area contributed by atoms with Crippen LogP contribution in [0.2, 0.25) is 0 Å².